The minimum atomic E-state index is -0.177. The molecule has 0 aliphatic heterocycles. The highest BCUT2D eigenvalue weighted by Crippen LogP contribution is 2.30. The van der Waals surface area contributed by atoms with Crippen LogP contribution in [0, 0.1) is 0 Å². The summed E-state index contributed by atoms with van der Waals surface area (Å²) in [5.74, 6) is -0.177. The number of amides is 1. The van der Waals surface area contributed by atoms with E-state index in [1.165, 1.54) is 11.1 Å². The van der Waals surface area contributed by atoms with Gasteiger partial charge < -0.3 is 5.32 Å². The van der Waals surface area contributed by atoms with Crippen LogP contribution in [0.1, 0.15) is 34.1 Å². The van der Waals surface area contributed by atoms with Crippen molar-refractivity contribution in [2.24, 2.45) is 0 Å². The second-order valence-electron chi connectivity index (χ2n) is 4.61. The zero-order valence-electron chi connectivity index (χ0n) is 10.3. The number of hydrogen-bond acceptors (Lipinski definition) is 2. The van der Waals surface area contributed by atoms with Gasteiger partial charge in [0.2, 0.25) is 0 Å². The van der Waals surface area contributed by atoms with Gasteiger partial charge in [0.15, 0.2) is 0 Å². The number of halogens is 1. The molecule has 1 heterocycles. The van der Waals surface area contributed by atoms with Crippen molar-refractivity contribution in [2.75, 3.05) is 0 Å². The summed E-state index contributed by atoms with van der Waals surface area (Å²) in [7, 11) is 0. The van der Waals surface area contributed by atoms with E-state index in [1.54, 1.807) is 18.2 Å². The van der Waals surface area contributed by atoms with Crippen molar-refractivity contribution in [1.82, 2.24) is 10.3 Å². The van der Waals surface area contributed by atoms with Crippen molar-refractivity contribution in [2.45, 2.75) is 18.9 Å². The Morgan fingerprint density at radius 1 is 1.21 bits per heavy atom. The third-order valence-corrected chi connectivity index (χ3v) is 3.60. The average Bonchev–Trinajstić information content (AvgIpc) is 2.82. The maximum absolute atomic E-state index is 12.1. The number of fused-ring (bicyclic) bond motifs is 1. The standard InChI is InChI=1S/C15H13ClN2O/c16-14-7-3-6-13(17-14)15(19)18-12-9-8-10-4-1-2-5-11(10)12/h1-7,12H,8-9H2,(H,18,19). The smallest absolute Gasteiger partial charge is 0.270 e. The molecule has 1 aliphatic carbocycles. The van der Waals surface area contributed by atoms with Crippen LogP contribution in [0.5, 0.6) is 0 Å². The molecule has 0 saturated carbocycles. The third kappa shape index (κ3) is 2.47. The molecule has 1 aromatic heterocycles. The molecule has 3 rings (SSSR count). The lowest BCUT2D eigenvalue weighted by Gasteiger charge is -2.13. The molecule has 0 saturated heterocycles. The first-order valence-electron chi connectivity index (χ1n) is 6.25. The van der Waals surface area contributed by atoms with Gasteiger partial charge in [0.1, 0.15) is 10.8 Å². The van der Waals surface area contributed by atoms with E-state index in [9.17, 15) is 4.79 Å². The van der Waals surface area contributed by atoms with Gasteiger partial charge in [0, 0.05) is 0 Å². The van der Waals surface area contributed by atoms with Crippen LogP contribution in [0.4, 0.5) is 0 Å². The van der Waals surface area contributed by atoms with Gasteiger partial charge in [-0.15, -0.1) is 0 Å². The first-order valence-corrected chi connectivity index (χ1v) is 6.63. The molecule has 3 nitrogen and oxygen atoms in total. The maximum Gasteiger partial charge on any atom is 0.270 e. The van der Waals surface area contributed by atoms with Crippen molar-refractivity contribution in [3.05, 3.63) is 64.4 Å². The Kier molecular flexibility index (Phi) is 3.22. The molecule has 96 valence electrons. The number of pyridine rings is 1. The van der Waals surface area contributed by atoms with Gasteiger partial charge in [-0.05, 0) is 36.1 Å². The van der Waals surface area contributed by atoms with Crippen LogP contribution in [-0.2, 0) is 6.42 Å². The number of hydrogen-bond donors (Lipinski definition) is 1. The number of rotatable bonds is 2. The molecule has 1 aromatic carbocycles. The van der Waals surface area contributed by atoms with Crippen molar-refractivity contribution in [3.8, 4) is 0 Å². The summed E-state index contributed by atoms with van der Waals surface area (Å²) in [5.41, 5.74) is 2.88. The molecule has 1 unspecified atom stereocenters. The summed E-state index contributed by atoms with van der Waals surface area (Å²) in [6.07, 6.45) is 1.94. The zero-order valence-corrected chi connectivity index (χ0v) is 11.0. The molecule has 0 bridgehead atoms. The minimum Gasteiger partial charge on any atom is -0.344 e. The highest BCUT2D eigenvalue weighted by molar-refractivity contribution is 6.29. The van der Waals surface area contributed by atoms with E-state index in [0.29, 0.717) is 10.8 Å². The van der Waals surface area contributed by atoms with Gasteiger partial charge in [-0.2, -0.15) is 0 Å². The topological polar surface area (TPSA) is 42.0 Å². The van der Waals surface area contributed by atoms with Crippen molar-refractivity contribution in [1.29, 1.82) is 0 Å². The van der Waals surface area contributed by atoms with E-state index in [0.717, 1.165) is 12.8 Å². The Morgan fingerprint density at radius 2 is 2.05 bits per heavy atom. The number of aryl methyl sites for hydroxylation is 1. The lowest BCUT2D eigenvalue weighted by molar-refractivity contribution is 0.0931. The first-order chi connectivity index (χ1) is 9.24. The number of carbonyl (C=O) groups excluding carboxylic acids is 1. The quantitative estimate of drug-likeness (QED) is 0.854. The number of nitrogens with one attached hydrogen (secondary N) is 1. The number of carbonyl (C=O) groups is 1. The van der Waals surface area contributed by atoms with Crippen molar-refractivity contribution < 1.29 is 4.79 Å². The van der Waals surface area contributed by atoms with Gasteiger partial charge in [-0.3, -0.25) is 4.79 Å². The molecule has 0 radical (unpaired) electrons. The molecule has 19 heavy (non-hydrogen) atoms. The Hall–Kier alpha value is -1.87. The summed E-state index contributed by atoms with van der Waals surface area (Å²) >= 11 is 5.80. The van der Waals surface area contributed by atoms with Crippen LogP contribution >= 0.6 is 11.6 Å². The highest BCUT2D eigenvalue weighted by Gasteiger charge is 2.24. The lowest BCUT2D eigenvalue weighted by Crippen LogP contribution is -2.27. The van der Waals surface area contributed by atoms with Gasteiger partial charge in [0.25, 0.3) is 5.91 Å². The third-order valence-electron chi connectivity index (χ3n) is 3.39. The van der Waals surface area contributed by atoms with E-state index in [1.807, 2.05) is 12.1 Å². The van der Waals surface area contributed by atoms with Crippen LogP contribution in [-0.4, -0.2) is 10.9 Å². The molecular weight excluding hydrogens is 260 g/mol. The molecule has 2 aromatic rings. The fourth-order valence-corrected chi connectivity index (χ4v) is 2.64. The summed E-state index contributed by atoms with van der Waals surface area (Å²) in [4.78, 5) is 16.2. The largest absolute Gasteiger partial charge is 0.344 e. The average molecular weight is 273 g/mol. The molecule has 4 heteroatoms. The Labute approximate surface area is 116 Å². The fourth-order valence-electron chi connectivity index (χ4n) is 2.47. The summed E-state index contributed by atoms with van der Waals surface area (Å²) in [5, 5.41) is 3.35. The maximum atomic E-state index is 12.1. The van der Waals surface area contributed by atoms with Crippen molar-refractivity contribution >= 4 is 17.5 Å². The Morgan fingerprint density at radius 3 is 2.89 bits per heavy atom. The summed E-state index contributed by atoms with van der Waals surface area (Å²) < 4.78 is 0. The van der Waals surface area contributed by atoms with Crippen LogP contribution in [0.15, 0.2) is 42.5 Å². The van der Waals surface area contributed by atoms with Crippen LogP contribution in [0.3, 0.4) is 0 Å². The molecule has 1 amide bonds. The monoisotopic (exact) mass is 272 g/mol. The van der Waals surface area contributed by atoms with E-state index < -0.39 is 0 Å². The van der Waals surface area contributed by atoms with Gasteiger partial charge >= 0.3 is 0 Å². The Balaban J connectivity index is 1.78. The molecule has 0 fully saturated rings. The molecular formula is C15H13ClN2O. The first kappa shape index (κ1) is 12.2. The van der Waals surface area contributed by atoms with E-state index in [4.69, 9.17) is 11.6 Å². The predicted octanol–water partition coefficient (Wildman–Crippen LogP) is 3.15. The number of nitrogens with zero attached hydrogens (tertiary/aromatic N) is 1. The van der Waals surface area contributed by atoms with Crippen LogP contribution in [0.25, 0.3) is 0 Å². The molecule has 1 N–H and O–H groups in total. The molecule has 1 aliphatic rings. The predicted molar refractivity (Wildman–Crippen MR) is 74.2 cm³/mol. The van der Waals surface area contributed by atoms with Crippen LogP contribution < -0.4 is 5.32 Å². The highest BCUT2D eigenvalue weighted by atomic mass is 35.5. The fraction of sp³-hybridized carbons (Fsp3) is 0.200. The molecule has 1 atom stereocenters. The van der Waals surface area contributed by atoms with Gasteiger partial charge in [-0.25, -0.2) is 4.98 Å². The second kappa shape index (κ2) is 5.02. The Bertz CT molecular complexity index is 627. The zero-order chi connectivity index (χ0) is 13.2. The van der Waals surface area contributed by atoms with Gasteiger partial charge in [0.05, 0.1) is 6.04 Å². The SMILES string of the molecule is O=C(NC1CCc2ccccc21)c1cccc(Cl)n1. The molecule has 0 spiro atoms. The van der Waals surface area contributed by atoms with Crippen molar-refractivity contribution in [3.63, 3.8) is 0 Å². The van der Waals surface area contributed by atoms with E-state index in [-0.39, 0.29) is 11.9 Å². The van der Waals surface area contributed by atoms with Crippen LogP contribution in [0.2, 0.25) is 5.15 Å². The normalized spacial score (nSPS) is 17.0. The van der Waals surface area contributed by atoms with E-state index >= 15 is 0 Å². The van der Waals surface area contributed by atoms with Gasteiger partial charge in [-0.1, -0.05) is 41.9 Å². The summed E-state index contributed by atoms with van der Waals surface area (Å²) in [6, 6.07) is 13.3. The lowest BCUT2D eigenvalue weighted by atomic mass is 10.1. The second-order valence-corrected chi connectivity index (χ2v) is 5.00. The van der Waals surface area contributed by atoms with E-state index in [2.05, 4.69) is 22.4 Å². The summed E-state index contributed by atoms with van der Waals surface area (Å²) in [6.45, 7) is 0. The number of aromatic nitrogens is 1. The number of benzene rings is 1. The minimum absolute atomic E-state index is 0.0736.